The maximum absolute atomic E-state index is 13.0. The van der Waals surface area contributed by atoms with E-state index < -0.39 is 23.5 Å². The van der Waals surface area contributed by atoms with Gasteiger partial charge >= 0.3 is 12.4 Å². The molecule has 0 unspecified atom stereocenters. The van der Waals surface area contributed by atoms with E-state index in [2.05, 4.69) is 0 Å². The molecule has 2 rings (SSSR count). The van der Waals surface area contributed by atoms with Crippen LogP contribution in [0.2, 0.25) is 0 Å². The second kappa shape index (κ2) is 5.56. The third kappa shape index (κ3) is 3.67. The van der Waals surface area contributed by atoms with E-state index in [0.29, 0.717) is 5.69 Å². The number of quaternary nitrogens is 1. The second-order valence-electron chi connectivity index (χ2n) is 5.55. The van der Waals surface area contributed by atoms with Gasteiger partial charge in [0, 0.05) is 12.1 Å². The van der Waals surface area contributed by atoms with E-state index in [1.165, 1.54) is 14.1 Å². The summed E-state index contributed by atoms with van der Waals surface area (Å²) in [6, 6.07) is 10.00. The molecular formula is C16H14F6N+. The molecule has 124 valence electrons. The van der Waals surface area contributed by atoms with Crippen molar-refractivity contribution in [2.75, 3.05) is 14.1 Å². The van der Waals surface area contributed by atoms with Gasteiger partial charge in [-0.05, 0) is 18.2 Å². The lowest BCUT2D eigenvalue weighted by Crippen LogP contribution is -2.34. The first-order valence-corrected chi connectivity index (χ1v) is 6.62. The molecule has 0 radical (unpaired) electrons. The summed E-state index contributed by atoms with van der Waals surface area (Å²) in [5.41, 5.74) is -2.16. The first kappa shape index (κ1) is 17.3. The molecule has 0 atom stereocenters. The molecule has 1 nitrogen and oxygen atoms in total. The van der Waals surface area contributed by atoms with Gasteiger partial charge in [-0.25, -0.2) is 0 Å². The average molecular weight is 334 g/mol. The first-order chi connectivity index (χ1) is 10.4. The fourth-order valence-electron chi connectivity index (χ4n) is 2.21. The van der Waals surface area contributed by atoms with Gasteiger partial charge in [-0.15, -0.1) is 0 Å². The fourth-order valence-corrected chi connectivity index (χ4v) is 2.21. The molecule has 7 heteroatoms. The van der Waals surface area contributed by atoms with E-state index >= 15 is 0 Å². The molecule has 0 saturated carbocycles. The highest BCUT2D eigenvalue weighted by Crippen LogP contribution is 2.41. The molecule has 2 aromatic carbocycles. The third-order valence-corrected chi connectivity index (χ3v) is 3.62. The van der Waals surface area contributed by atoms with Gasteiger partial charge in [0.05, 0.1) is 25.2 Å². The number of benzene rings is 2. The summed E-state index contributed by atoms with van der Waals surface area (Å²) in [4.78, 5) is 0. The predicted molar refractivity (Wildman–Crippen MR) is 76.2 cm³/mol. The van der Waals surface area contributed by atoms with Crippen LogP contribution in [0.25, 0.3) is 0 Å². The summed E-state index contributed by atoms with van der Waals surface area (Å²) in [5.74, 6) is 0. The number of halogens is 6. The van der Waals surface area contributed by atoms with Gasteiger partial charge in [0.2, 0.25) is 0 Å². The lowest BCUT2D eigenvalue weighted by molar-refractivity contribution is -0.143. The van der Waals surface area contributed by atoms with Crippen LogP contribution in [0.3, 0.4) is 0 Å². The topological polar surface area (TPSA) is 0 Å². The van der Waals surface area contributed by atoms with Crippen molar-refractivity contribution in [3.8, 4) is 0 Å². The smallest absolute Gasteiger partial charge is 0.264 e. The van der Waals surface area contributed by atoms with E-state index in [-0.39, 0.29) is 16.2 Å². The average Bonchev–Trinajstić information content (AvgIpc) is 2.46. The third-order valence-electron chi connectivity index (χ3n) is 3.62. The van der Waals surface area contributed by atoms with Gasteiger partial charge in [0.1, 0.15) is 11.4 Å². The lowest BCUT2D eigenvalue weighted by atomic mass is 10.1. The van der Waals surface area contributed by atoms with Crippen LogP contribution in [-0.4, -0.2) is 14.1 Å². The molecule has 0 fully saturated rings. The summed E-state index contributed by atoms with van der Waals surface area (Å²) in [7, 11) is 3.07. The Morgan fingerprint density at radius 3 is 1.48 bits per heavy atom. The highest BCUT2D eigenvalue weighted by molar-refractivity contribution is 5.59. The number of alkyl halides is 6. The van der Waals surface area contributed by atoms with Crippen LogP contribution < -0.4 is 4.48 Å². The molecule has 0 aromatic heterocycles. The summed E-state index contributed by atoms with van der Waals surface area (Å²) >= 11 is 0. The van der Waals surface area contributed by atoms with Crippen LogP contribution in [0.15, 0.2) is 48.5 Å². The Kier molecular flexibility index (Phi) is 4.19. The molecule has 0 aliphatic rings. The zero-order valence-corrected chi connectivity index (χ0v) is 12.3. The maximum Gasteiger partial charge on any atom is 0.416 e. The number of para-hydroxylation sites is 1. The molecule has 0 bridgehead atoms. The quantitative estimate of drug-likeness (QED) is 0.494. The molecular weight excluding hydrogens is 320 g/mol. The zero-order chi connectivity index (χ0) is 17.5. The van der Waals surface area contributed by atoms with Crippen LogP contribution in [0, 0.1) is 0 Å². The normalized spacial score (nSPS) is 13.2. The van der Waals surface area contributed by atoms with E-state index in [9.17, 15) is 26.3 Å². The fraction of sp³-hybridized carbons (Fsp3) is 0.250. The lowest BCUT2D eigenvalue weighted by Gasteiger charge is -2.30. The Labute approximate surface area is 129 Å². The molecule has 23 heavy (non-hydrogen) atoms. The van der Waals surface area contributed by atoms with Gasteiger partial charge < -0.3 is 0 Å². The van der Waals surface area contributed by atoms with Crippen LogP contribution in [-0.2, 0) is 12.4 Å². The monoisotopic (exact) mass is 334 g/mol. The Morgan fingerprint density at radius 1 is 0.652 bits per heavy atom. The first-order valence-electron chi connectivity index (χ1n) is 6.62. The molecule has 0 aliphatic heterocycles. The van der Waals surface area contributed by atoms with Gasteiger partial charge in [-0.3, -0.25) is 4.48 Å². The number of nitrogens with zero attached hydrogens (tertiary/aromatic N) is 1. The molecule has 0 heterocycles. The van der Waals surface area contributed by atoms with Crippen molar-refractivity contribution in [1.82, 2.24) is 4.48 Å². The van der Waals surface area contributed by atoms with Crippen molar-refractivity contribution >= 4 is 11.4 Å². The van der Waals surface area contributed by atoms with Gasteiger partial charge in [-0.1, -0.05) is 18.2 Å². The summed E-state index contributed by atoms with van der Waals surface area (Å²) in [5, 5.41) is 0. The summed E-state index contributed by atoms with van der Waals surface area (Å²) < 4.78 is 77.5. The van der Waals surface area contributed by atoms with Crippen molar-refractivity contribution in [3.05, 3.63) is 59.7 Å². The zero-order valence-electron chi connectivity index (χ0n) is 12.3. The maximum atomic E-state index is 13.0. The molecule has 0 amide bonds. The van der Waals surface area contributed by atoms with Crippen LogP contribution in [0.5, 0.6) is 0 Å². The Bertz CT molecular complexity index is 654. The SMILES string of the molecule is C[N+](C)(c1ccccc1)c1cc(C(F)(F)F)cc(C(F)(F)F)c1. The van der Waals surface area contributed by atoms with Crippen molar-refractivity contribution < 1.29 is 26.3 Å². The van der Waals surface area contributed by atoms with Crippen molar-refractivity contribution in [1.29, 1.82) is 0 Å². The second-order valence-corrected chi connectivity index (χ2v) is 5.55. The van der Waals surface area contributed by atoms with E-state index in [0.717, 1.165) is 12.1 Å². The minimum Gasteiger partial charge on any atom is -0.264 e. The van der Waals surface area contributed by atoms with Gasteiger partial charge in [0.15, 0.2) is 0 Å². The number of hydrogen-bond acceptors (Lipinski definition) is 0. The van der Waals surface area contributed by atoms with Crippen LogP contribution in [0.1, 0.15) is 11.1 Å². The predicted octanol–water partition coefficient (Wildman–Crippen LogP) is 5.62. The highest BCUT2D eigenvalue weighted by Gasteiger charge is 2.39. The Morgan fingerprint density at radius 2 is 1.09 bits per heavy atom. The number of rotatable bonds is 2. The van der Waals surface area contributed by atoms with Crippen LogP contribution >= 0.6 is 0 Å². The Hall–Kier alpha value is -2.02. The Balaban J connectivity index is 2.67. The minimum absolute atomic E-state index is 0.0987. The standard InChI is InChI=1S/C16H14F6N/c1-23(2,13-6-4-3-5-7-13)14-9-11(15(17,18)19)8-12(10-14)16(20,21)22/h3-10H,1-2H3/q+1. The largest absolute Gasteiger partial charge is 0.416 e. The minimum atomic E-state index is -4.85. The summed E-state index contributed by atoms with van der Waals surface area (Å²) in [6.45, 7) is 0. The molecule has 0 spiro atoms. The summed E-state index contributed by atoms with van der Waals surface area (Å²) in [6.07, 6.45) is -9.71. The van der Waals surface area contributed by atoms with Gasteiger partial charge in [0.25, 0.3) is 0 Å². The van der Waals surface area contributed by atoms with Crippen molar-refractivity contribution in [2.24, 2.45) is 0 Å². The molecule has 0 N–H and O–H groups in total. The van der Waals surface area contributed by atoms with E-state index in [4.69, 9.17) is 0 Å². The van der Waals surface area contributed by atoms with Crippen molar-refractivity contribution in [3.63, 3.8) is 0 Å². The van der Waals surface area contributed by atoms with Crippen LogP contribution in [0.4, 0.5) is 37.7 Å². The van der Waals surface area contributed by atoms with E-state index in [1.54, 1.807) is 30.3 Å². The van der Waals surface area contributed by atoms with Gasteiger partial charge in [-0.2, -0.15) is 26.3 Å². The molecule has 2 aromatic rings. The van der Waals surface area contributed by atoms with E-state index in [1.807, 2.05) is 0 Å². The highest BCUT2D eigenvalue weighted by atomic mass is 19.4. The van der Waals surface area contributed by atoms with Crippen molar-refractivity contribution in [2.45, 2.75) is 12.4 Å². The number of hydrogen-bond donors (Lipinski definition) is 0. The molecule has 0 saturated heterocycles. The molecule has 0 aliphatic carbocycles.